The fraction of sp³-hybridized carbons (Fsp3) is 0.957. The highest BCUT2D eigenvalue weighted by atomic mass is 16.1. The lowest BCUT2D eigenvalue weighted by atomic mass is 9.87. The molecule has 0 aliphatic rings. The summed E-state index contributed by atoms with van der Waals surface area (Å²) in [5.41, 5.74) is 0. The van der Waals surface area contributed by atoms with Gasteiger partial charge in [0.05, 0.1) is 0 Å². The molecule has 0 amide bonds. The van der Waals surface area contributed by atoms with Crippen LogP contribution in [0.3, 0.4) is 0 Å². The third-order valence-electron chi connectivity index (χ3n) is 5.13. The Bertz CT molecular complexity index is 269. The van der Waals surface area contributed by atoms with Gasteiger partial charge in [0, 0.05) is 12.3 Å². The van der Waals surface area contributed by atoms with E-state index < -0.39 is 0 Å². The first kappa shape index (κ1) is 23.7. The molecule has 0 heterocycles. The molecule has 0 aromatic heterocycles. The number of unbranched alkanes of at least 4 members (excludes halogenated alkanes) is 11. The molecule has 0 aliphatic heterocycles. The lowest BCUT2D eigenvalue weighted by molar-refractivity contribution is -0.123. The molecule has 0 saturated carbocycles. The van der Waals surface area contributed by atoms with Gasteiger partial charge in [0.1, 0.15) is 5.78 Å². The number of carbonyl (C=O) groups is 1. The molecule has 0 radical (unpaired) electrons. The summed E-state index contributed by atoms with van der Waals surface area (Å²) < 4.78 is 0. The van der Waals surface area contributed by atoms with Crippen molar-refractivity contribution in [2.24, 2.45) is 11.8 Å². The van der Waals surface area contributed by atoms with Crippen molar-refractivity contribution in [3.05, 3.63) is 0 Å². The van der Waals surface area contributed by atoms with Crippen molar-refractivity contribution in [2.75, 3.05) is 0 Å². The third kappa shape index (κ3) is 15.2. The highest BCUT2D eigenvalue weighted by Crippen LogP contribution is 2.21. The lowest BCUT2D eigenvalue weighted by Gasteiger charge is -2.17. The number of hydrogen-bond donors (Lipinski definition) is 0. The molecule has 1 atom stereocenters. The van der Waals surface area contributed by atoms with Crippen molar-refractivity contribution in [1.82, 2.24) is 0 Å². The summed E-state index contributed by atoms with van der Waals surface area (Å²) >= 11 is 0. The largest absolute Gasteiger partial charge is 0.299 e. The van der Waals surface area contributed by atoms with Crippen LogP contribution in [0.2, 0.25) is 0 Å². The molecule has 0 aromatic carbocycles. The van der Waals surface area contributed by atoms with Gasteiger partial charge in [0.2, 0.25) is 0 Å². The first-order valence-electron chi connectivity index (χ1n) is 11.1. The van der Waals surface area contributed by atoms with Gasteiger partial charge in [0.25, 0.3) is 0 Å². The molecule has 0 spiro atoms. The van der Waals surface area contributed by atoms with Crippen molar-refractivity contribution in [3.63, 3.8) is 0 Å². The van der Waals surface area contributed by atoms with Crippen LogP contribution in [-0.4, -0.2) is 5.78 Å². The zero-order valence-electron chi connectivity index (χ0n) is 17.4. The van der Waals surface area contributed by atoms with Crippen LogP contribution in [0.5, 0.6) is 0 Å². The number of Topliss-reactive ketones (excluding diaryl/α,β-unsaturated/α-hetero) is 1. The van der Waals surface area contributed by atoms with Gasteiger partial charge in [-0.3, -0.25) is 4.79 Å². The average molecular weight is 339 g/mol. The van der Waals surface area contributed by atoms with E-state index in [1.54, 1.807) is 0 Å². The summed E-state index contributed by atoms with van der Waals surface area (Å²) in [5, 5.41) is 0. The summed E-state index contributed by atoms with van der Waals surface area (Å²) in [4.78, 5) is 12.4. The van der Waals surface area contributed by atoms with Gasteiger partial charge in [-0.1, -0.05) is 105 Å². The Hall–Kier alpha value is -0.330. The van der Waals surface area contributed by atoms with E-state index in [2.05, 4.69) is 27.7 Å². The molecule has 24 heavy (non-hydrogen) atoms. The maximum Gasteiger partial charge on any atom is 0.135 e. The zero-order chi connectivity index (χ0) is 18.0. The quantitative estimate of drug-likeness (QED) is 0.231. The number of rotatable bonds is 18. The fourth-order valence-corrected chi connectivity index (χ4v) is 3.67. The average Bonchev–Trinajstić information content (AvgIpc) is 2.55. The van der Waals surface area contributed by atoms with E-state index in [1.165, 1.54) is 70.6 Å². The summed E-state index contributed by atoms with van der Waals surface area (Å²) in [6.45, 7) is 8.95. The monoisotopic (exact) mass is 338 g/mol. The summed E-state index contributed by atoms with van der Waals surface area (Å²) in [7, 11) is 0. The maximum absolute atomic E-state index is 12.4. The molecule has 0 rings (SSSR count). The van der Waals surface area contributed by atoms with Crippen LogP contribution < -0.4 is 0 Å². The van der Waals surface area contributed by atoms with E-state index in [1.807, 2.05) is 0 Å². The molecule has 144 valence electrons. The normalized spacial score (nSPS) is 12.7. The van der Waals surface area contributed by atoms with Crippen molar-refractivity contribution in [2.45, 2.75) is 130 Å². The second kappa shape index (κ2) is 17.5. The zero-order valence-corrected chi connectivity index (χ0v) is 17.4. The first-order chi connectivity index (χ1) is 11.6. The lowest BCUT2D eigenvalue weighted by Crippen LogP contribution is -2.16. The molecule has 0 bridgehead atoms. The van der Waals surface area contributed by atoms with Crippen LogP contribution in [0.1, 0.15) is 130 Å². The van der Waals surface area contributed by atoms with Gasteiger partial charge >= 0.3 is 0 Å². The molecule has 0 saturated heterocycles. The molecule has 0 aliphatic carbocycles. The van der Waals surface area contributed by atoms with Gasteiger partial charge in [-0.2, -0.15) is 0 Å². The van der Waals surface area contributed by atoms with Crippen molar-refractivity contribution in [1.29, 1.82) is 0 Å². The van der Waals surface area contributed by atoms with Crippen LogP contribution in [0, 0.1) is 11.8 Å². The topological polar surface area (TPSA) is 17.1 Å². The van der Waals surface area contributed by atoms with Crippen LogP contribution in [0.4, 0.5) is 0 Å². The SMILES string of the molecule is CCCCCCCCCCCCCCC(=O)C(CCC)CC(C)C. The summed E-state index contributed by atoms with van der Waals surface area (Å²) in [5.74, 6) is 1.52. The van der Waals surface area contributed by atoms with E-state index >= 15 is 0 Å². The highest BCUT2D eigenvalue weighted by Gasteiger charge is 2.18. The van der Waals surface area contributed by atoms with E-state index in [9.17, 15) is 4.79 Å². The predicted octanol–water partition coefficient (Wildman–Crippen LogP) is 8.11. The Balaban J connectivity index is 3.46. The minimum absolute atomic E-state index is 0.336. The standard InChI is InChI=1S/C23H46O/c1-5-7-8-9-10-11-12-13-14-15-16-17-19-23(24)22(18-6-2)20-21(3)4/h21-22H,5-20H2,1-4H3. The number of ketones is 1. The minimum atomic E-state index is 0.336. The number of carbonyl (C=O) groups excluding carboxylic acids is 1. The minimum Gasteiger partial charge on any atom is -0.299 e. The highest BCUT2D eigenvalue weighted by molar-refractivity contribution is 5.80. The van der Waals surface area contributed by atoms with E-state index in [-0.39, 0.29) is 0 Å². The van der Waals surface area contributed by atoms with Crippen molar-refractivity contribution >= 4 is 5.78 Å². The Kier molecular flexibility index (Phi) is 17.3. The van der Waals surface area contributed by atoms with Crippen molar-refractivity contribution < 1.29 is 4.79 Å². The molecule has 0 N–H and O–H groups in total. The third-order valence-corrected chi connectivity index (χ3v) is 5.13. The van der Waals surface area contributed by atoms with Crippen LogP contribution in [0.25, 0.3) is 0 Å². The second-order valence-corrected chi connectivity index (χ2v) is 8.22. The predicted molar refractivity (Wildman–Crippen MR) is 109 cm³/mol. The molecule has 0 aromatic rings. The second-order valence-electron chi connectivity index (χ2n) is 8.22. The molecule has 1 nitrogen and oxygen atoms in total. The Morgan fingerprint density at radius 1 is 0.667 bits per heavy atom. The van der Waals surface area contributed by atoms with E-state index in [4.69, 9.17) is 0 Å². The molecule has 0 fully saturated rings. The van der Waals surface area contributed by atoms with E-state index in [0.717, 1.165) is 32.1 Å². The molecule has 1 unspecified atom stereocenters. The van der Waals surface area contributed by atoms with Crippen LogP contribution >= 0.6 is 0 Å². The maximum atomic E-state index is 12.4. The summed E-state index contributed by atoms with van der Waals surface area (Å²) in [6.07, 6.45) is 20.5. The van der Waals surface area contributed by atoms with Crippen LogP contribution in [-0.2, 0) is 4.79 Å². The molecule has 1 heteroatoms. The van der Waals surface area contributed by atoms with Gasteiger partial charge in [0.15, 0.2) is 0 Å². The van der Waals surface area contributed by atoms with Gasteiger partial charge in [-0.05, 0) is 25.2 Å². The first-order valence-corrected chi connectivity index (χ1v) is 11.1. The Morgan fingerprint density at radius 3 is 1.54 bits per heavy atom. The van der Waals surface area contributed by atoms with Gasteiger partial charge < -0.3 is 0 Å². The van der Waals surface area contributed by atoms with Crippen LogP contribution in [0.15, 0.2) is 0 Å². The summed E-state index contributed by atoms with van der Waals surface area (Å²) in [6, 6.07) is 0. The number of hydrogen-bond acceptors (Lipinski definition) is 1. The fourth-order valence-electron chi connectivity index (χ4n) is 3.67. The molecular weight excluding hydrogens is 292 g/mol. The Morgan fingerprint density at radius 2 is 1.12 bits per heavy atom. The smallest absolute Gasteiger partial charge is 0.135 e. The van der Waals surface area contributed by atoms with Gasteiger partial charge in [-0.15, -0.1) is 0 Å². The molecular formula is C23H46O. The van der Waals surface area contributed by atoms with Crippen molar-refractivity contribution in [3.8, 4) is 0 Å². The Labute approximate surface area is 153 Å². The van der Waals surface area contributed by atoms with E-state index in [0.29, 0.717) is 17.6 Å². The van der Waals surface area contributed by atoms with Gasteiger partial charge in [-0.25, -0.2) is 0 Å².